The maximum atomic E-state index is 13.4. The van der Waals surface area contributed by atoms with Crippen molar-refractivity contribution in [2.75, 3.05) is 13.1 Å². The minimum Gasteiger partial charge on any atom is -0.361 e. The van der Waals surface area contributed by atoms with Gasteiger partial charge in [0.05, 0.1) is 0 Å². The standard InChI is InChI=1S/C25H31N3O2/c1-4-8-16-11-12-17(24(29)28(6-3)25(30)26-5-2)13-21-19-9-7-10-22-23(19)18(15-27-22)14-20(16)21/h4,7,9-11,15,17,20-21,27H,1,5-6,8,12-14H2,2-3H3,(H,26,30). The Morgan fingerprint density at radius 3 is 2.87 bits per heavy atom. The Morgan fingerprint density at radius 2 is 2.13 bits per heavy atom. The van der Waals surface area contributed by atoms with Crippen LogP contribution in [0.1, 0.15) is 50.2 Å². The van der Waals surface area contributed by atoms with E-state index in [4.69, 9.17) is 0 Å². The van der Waals surface area contributed by atoms with Gasteiger partial charge in [0.1, 0.15) is 0 Å². The van der Waals surface area contributed by atoms with Crippen LogP contribution in [0.2, 0.25) is 0 Å². The number of allylic oxidation sites excluding steroid dienone is 3. The molecule has 4 rings (SSSR count). The molecule has 1 aromatic carbocycles. The zero-order valence-electron chi connectivity index (χ0n) is 17.9. The number of fused-ring (bicyclic) bond motifs is 2. The summed E-state index contributed by atoms with van der Waals surface area (Å²) < 4.78 is 0. The van der Waals surface area contributed by atoms with E-state index in [9.17, 15) is 9.59 Å². The van der Waals surface area contributed by atoms with Crippen LogP contribution in [0.5, 0.6) is 0 Å². The topological polar surface area (TPSA) is 65.2 Å². The SMILES string of the molecule is C=CCC1=CCC(C(=O)N(CC)C(=O)NCC)CC2c3cccc4[nH]cc(c34)CC12. The lowest BCUT2D eigenvalue weighted by atomic mass is 9.70. The maximum absolute atomic E-state index is 13.4. The first-order valence-corrected chi connectivity index (χ1v) is 11.1. The lowest BCUT2D eigenvalue weighted by Gasteiger charge is -2.34. The highest BCUT2D eigenvalue weighted by Crippen LogP contribution is 2.48. The minimum absolute atomic E-state index is 0.0645. The predicted octanol–water partition coefficient (Wildman–Crippen LogP) is 4.91. The van der Waals surface area contributed by atoms with E-state index >= 15 is 0 Å². The Kier molecular flexibility index (Phi) is 5.80. The highest BCUT2D eigenvalue weighted by atomic mass is 16.2. The smallest absolute Gasteiger partial charge is 0.324 e. The second-order valence-electron chi connectivity index (χ2n) is 8.36. The number of imide groups is 1. The second kappa shape index (κ2) is 8.50. The van der Waals surface area contributed by atoms with Gasteiger partial charge < -0.3 is 10.3 Å². The van der Waals surface area contributed by atoms with Gasteiger partial charge in [-0.2, -0.15) is 0 Å². The summed E-state index contributed by atoms with van der Waals surface area (Å²) in [5, 5.41) is 4.10. The van der Waals surface area contributed by atoms with Crippen LogP contribution in [0.15, 0.2) is 48.7 Å². The number of hydrogen-bond acceptors (Lipinski definition) is 2. The van der Waals surface area contributed by atoms with E-state index in [0.717, 1.165) is 19.3 Å². The molecule has 3 unspecified atom stereocenters. The van der Waals surface area contributed by atoms with E-state index in [0.29, 0.717) is 25.4 Å². The van der Waals surface area contributed by atoms with Crippen LogP contribution in [-0.4, -0.2) is 34.9 Å². The van der Waals surface area contributed by atoms with Crippen molar-refractivity contribution < 1.29 is 9.59 Å². The molecule has 0 radical (unpaired) electrons. The average Bonchev–Trinajstić information content (AvgIpc) is 3.06. The summed E-state index contributed by atoms with van der Waals surface area (Å²) in [5.74, 6) is 0.380. The number of nitrogens with one attached hydrogen (secondary N) is 2. The third-order valence-electron chi connectivity index (χ3n) is 6.71. The Morgan fingerprint density at radius 1 is 1.30 bits per heavy atom. The minimum atomic E-state index is -0.292. The van der Waals surface area contributed by atoms with Gasteiger partial charge >= 0.3 is 6.03 Å². The largest absolute Gasteiger partial charge is 0.361 e. The summed E-state index contributed by atoms with van der Waals surface area (Å²) in [6.45, 7) is 8.59. The number of aromatic amines is 1. The van der Waals surface area contributed by atoms with Gasteiger partial charge in [-0.15, -0.1) is 6.58 Å². The van der Waals surface area contributed by atoms with E-state index in [1.807, 2.05) is 19.9 Å². The van der Waals surface area contributed by atoms with Gasteiger partial charge in [-0.1, -0.05) is 29.9 Å². The van der Waals surface area contributed by atoms with Crippen LogP contribution in [-0.2, 0) is 11.2 Å². The Labute approximate surface area is 178 Å². The number of urea groups is 1. The number of benzene rings is 1. The summed E-state index contributed by atoms with van der Waals surface area (Å²) in [6.07, 6.45) is 9.61. The molecule has 0 saturated heterocycles. The molecule has 1 aromatic heterocycles. The second-order valence-corrected chi connectivity index (χ2v) is 8.36. The summed E-state index contributed by atoms with van der Waals surface area (Å²) in [6, 6.07) is 6.15. The van der Waals surface area contributed by atoms with Crippen molar-refractivity contribution in [3.8, 4) is 0 Å². The van der Waals surface area contributed by atoms with Crippen molar-refractivity contribution in [1.29, 1.82) is 0 Å². The quantitative estimate of drug-likeness (QED) is 0.694. The lowest BCUT2D eigenvalue weighted by molar-refractivity contribution is -0.132. The van der Waals surface area contributed by atoms with Gasteiger partial charge in [-0.05, 0) is 68.6 Å². The zero-order valence-corrected chi connectivity index (χ0v) is 17.9. The first-order valence-electron chi connectivity index (χ1n) is 11.1. The number of nitrogens with zero attached hydrogens (tertiary/aromatic N) is 1. The van der Waals surface area contributed by atoms with Crippen molar-refractivity contribution in [2.24, 2.45) is 11.8 Å². The highest BCUT2D eigenvalue weighted by molar-refractivity contribution is 5.96. The molecule has 2 aliphatic rings. The molecule has 0 aliphatic heterocycles. The molecule has 5 nitrogen and oxygen atoms in total. The van der Waals surface area contributed by atoms with Crippen LogP contribution < -0.4 is 5.32 Å². The van der Waals surface area contributed by atoms with Crippen LogP contribution in [0.25, 0.3) is 10.9 Å². The van der Waals surface area contributed by atoms with E-state index in [1.54, 1.807) is 0 Å². The van der Waals surface area contributed by atoms with Gasteiger partial charge in [-0.25, -0.2) is 4.79 Å². The average molecular weight is 406 g/mol. The number of carbonyl (C=O) groups excluding carboxylic acids is 2. The molecule has 2 N–H and O–H groups in total. The van der Waals surface area contributed by atoms with Gasteiger partial charge in [0.25, 0.3) is 0 Å². The number of aromatic nitrogens is 1. The fourth-order valence-corrected chi connectivity index (χ4v) is 5.35. The first kappa shape index (κ1) is 20.5. The van der Waals surface area contributed by atoms with Crippen LogP contribution in [0.3, 0.4) is 0 Å². The third kappa shape index (κ3) is 3.47. The highest BCUT2D eigenvalue weighted by Gasteiger charge is 2.39. The zero-order chi connectivity index (χ0) is 21.3. The summed E-state index contributed by atoms with van der Waals surface area (Å²) in [5.41, 5.74) is 5.23. The fraction of sp³-hybridized carbons (Fsp3) is 0.440. The monoisotopic (exact) mass is 405 g/mol. The molecule has 2 aliphatic carbocycles. The third-order valence-corrected chi connectivity index (χ3v) is 6.71. The molecule has 0 spiro atoms. The van der Waals surface area contributed by atoms with Crippen LogP contribution >= 0.6 is 0 Å². The van der Waals surface area contributed by atoms with Crippen molar-refractivity contribution in [2.45, 2.75) is 45.4 Å². The van der Waals surface area contributed by atoms with E-state index in [1.165, 1.54) is 32.5 Å². The van der Waals surface area contributed by atoms with Crippen molar-refractivity contribution in [1.82, 2.24) is 15.2 Å². The Bertz CT molecular complexity index is 1000. The van der Waals surface area contributed by atoms with E-state index in [-0.39, 0.29) is 23.8 Å². The number of amides is 3. The molecule has 1 heterocycles. The first-order chi connectivity index (χ1) is 14.6. The molecule has 0 bridgehead atoms. The Hall–Kier alpha value is -2.82. The molecule has 0 saturated carbocycles. The molecule has 3 atom stereocenters. The predicted molar refractivity (Wildman–Crippen MR) is 120 cm³/mol. The van der Waals surface area contributed by atoms with E-state index < -0.39 is 0 Å². The number of H-pyrrole nitrogens is 1. The molecule has 0 fully saturated rings. The lowest BCUT2D eigenvalue weighted by Crippen LogP contribution is -2.46. The normalized spacial score (nSPS) is 22.6. The van der Waals surface area contributed by atoms with Gasteiger partial charge in [-0.3, -0.25) is 9.69 Å². The number of rotatable bonds is 5. The summed E-state index contributed by atoms with van der Waals surface area (Å²) >= 11 is 0. The van der Waals surface area contributed by atoms with E-state index in [2.05, 4.69) is 47.4 Å². The number of carbonyl (C=O) groups is 2. The van der Waals surface area contributed by atoms with Crippen LogP contribution in [0, 0.1) is 11.8 Å². The maximum Gasteiger partial charge on any atom is 0.324 e. The fourth-order valence-electron chi connectivity index (χ4n) is 5.35. The molecule has 2 aromatic rings. The number of hydrogen-bond donors (Lipinski definition) is 2. The van der Waals surface area contributed by atoms with Gasteiger partial charge in [0.2, 0.25) is 5.91 Å². The molecular formula is C25H31N3O2. The summed E-state index contributed by atoms with van der Waals surface area (Å²) in [7, 11) is 0. The Balaban J connectivity index is 1.72. The van der Waals surface area contributed by atoms with Gasteiger partial charge in [0.15, 0.2) is 0 Å². The molecule has 158 valence electrons. The summed E-state index contributed by atoms with van der Waals surface area (Å²) in [4.78, 5) is 30.6. The molecule has 5 heteroatoms. The van der Waals surface area contributed by atoms with Crippen molar-refractivity contribution >= 4 is 22.8 Å². The van der Waals surface area contributed by atoms with Crippen LogP contribution in [0.4, 0.5) is 4.79 Å². The molecule has 30 heavy (non-hydrogen) atoms. The van der Waals surface area contributed by atoms with Gasteiger partial charge in [0, 0.05) is 36.1 Å². The molecular weight excluding hydrogens is 374 g/mol. The van der Waals surface area contributed by atoms with Crippen molar-refractivity contribution in [3.05, 3.63) is 59.8 Å². The molecule has 3 amide bonds. The van der Waals surface area contributed by atoms with Crippen molar-refractivity contribution in [3.63, 3.8) is 0 Å².